The fourth-order valence-corrected chi connectivity index (χ4v) is 7.76. The van der Waals surface area contributed by atoms with Crippen LogP contribution in [0, 0.1) is 0 Å². The first-order valence-corrected chi connectivity index (χ1v) is 23.5. The standard InChI is InChI=1S/C47H84N2O8/c1-3-5-7-9-11-13-15-17-18-19-20-21-23-25-27-32-36-49(47(54)55-37-33-28-26-24-22-16-14-12-10-8-6-4-2)45-42(44(52)43(51)41(38-50)57-45)48-46(53)56-39-40-34-30-29-31-35-40/h29-31,34-35,41-45,50-52H,3-28,32-33,36-39H2,1-2H3,(H,48,53)/t41-,42-,43+,44-,45-/m1/s1. The molecule has 0 radical (unpaired) electrons. The third-order valence-electron chi connectivity index (χ3n) is 11.4. The number of hydrogen-bond donors (Lipinski definition) is 4. The van der Waals surface area contributed by atoms with Gasteiger partial charge in [-0.25, -0.2) is 9.59 Å². The van der Waals surface area contributed by atoms with Gasteiger partial charge in [0.2, 0.25) is 0 Å². The van der Waals surface area contributed by atoms with Crippen molar-refractivity contribution >= 4 is 12.2 Å². The molecule has 4 N–H and O–H groups in total. The summed E-state index contributed by atoms with van der Waals surface area (Å²) in [4.78, 5) is 28.1. The number of carbonyl (C=O) groups excluding carboxylic acids is 2. The van der Waals surface area contributed by atoms with E-state index in [0.717, 1.165) is 44.1 Å². The number of hydrogen-bond acceptors (Lipinski definition) is 8. The maximum Gasteiger partial charge on any atom is 0.411 e. The highest BCUT2D eigenvalue weighted by Gasteiger charge is 2.48. The van der Waals surface area contributed by atoms with Gasteiger partial charge in [0.15, 0.2) is 6.23 Å². The Morgan fingerprint density at radius 2 is 1.05 bits per heavy atom. The Balaban J connectivity index is 1.87. The average Bonchev–Trinajstić information content (AvgIpc) is 3.22. The smallest absolute Gasteiger partial charge is 0.411 e. The van der Waals surface area contributed by atoms with Crippen LogP contribution in [0.25, 0.3) is 0 Å². The molecule has 1 aromatic carbocycles. The van der Waals surface area contributed by atoms with E-state index < -0.39 is 49.4 Å². The molecule has 0 bridgehead atoms. The highest BCUT2D eigenvalue weighted by Crippen LogP contribution is 2.26. The van der Waals surface area contributed by atoms with Gasteiger partial charge in [-0.3, -0.25) is 4.90 Å². The summed E-state index contributed by atoms with van der Waals surface area (Å²) in [5.74, 6) is 0. The van der Waals surface area contributed by atoms with E-state index in [9.17, 15) is 24.9 Å². The SMILES string of the molecule is CCCCCCCCCCCCCCCCCCN(C(=O)OCCCCCCCCCCCCCC)[C@@H]1O[C@H](CO)[C@H](O)[C@H](O)[C@H]1NC(=O)OCc1ccccc1. The van der Waals surface area contributed by atoms with Crippen LogP contribution < -0.4 is 5.32 Å². The fourth-order valence-electron chi connectivity index (χ4n) is 7.76. The van der Waals surface area contributed by atoms with Gasteiger partial charge in [-0.2, -0.15) is 0 Å². The minimum absolute atomic E-state index is 0.00677. The first-order chi connectivity index (χ1) is 27.9. The quantitative estimate of drug-likeness (QED) is 0.0498. The molecule has 0 aliphatic carbocycles. The van der Waals surface area contributed by atoms with E-state index in [1.807, 2.05) is 30.3 Å². The molecule has 0 unspecified atom stereocenters. The third-order valence-corrected chi connectivity index (χ3v) is 11.4. The molecule has 10 nitrogen and oxygen atoms in total. The number of aliphatic hydroxyl groups excluding tert-OH is 3. The van der Waals surface area contributed by atoms with E-state index in [2.05, 4.69) is 19.2 Å². The number of rotatable bonds is 35. The van der Waals surface area contributed by atoms with E-state index in [1.54, 1.807) is 0 Å². The van der Waals surface area contributed by atoms with Gasteiger partial charge in [0.25, 0.3) is 0 Å². The van der Waals surface area contributed by atoms with Gasteiger partial charge in [0.1, 0.15) is 31.0 Å². The molecule has 1 aliphatic heterocycles. The second kappa shape index (κ2) is 34.5. The molecule has 1 aromatic rings. The number of nitrogens with one attached hydrogen (secondary N) is 1. The van der Waals surface area contributed by atoms with Crippen LogP contribution in [0.2, 0.25) is 0 Å². The molecule has 2 amide bonds. The maximum atomic E-state index is 13.7. The summed E-state index contributed by atoms with van der Waals surface area (Å²) in [5, 5.41) is 34.6. The Morgan fingerprint density at radius 1 is 0.614 bits per heavy atom. The molecule has 1 saturated heterocycles. The Hall–Kier alpha value is -2.40. The lowest BCUT2D eigenvalue weighted by Gasteiger charge is -2.46. The summed E-state index contributed by atoms with van der Waals surface area (Å²) >= 11 is 0. The highest BCUT2D eigenvalue weighted by atomic mass is 16.6. The second-order valence-electron chi connectivity index (χ2n) is 16.5. The van der Waals surface area contributed by atoms with Gasteiger partial charge in [-0.1, -0.05) is 211 Å². The molecule has 0 spiro atoms. The van der Waals surface area contributed by atoms with Gasteiger partial charge in [0, 0.05) is 6.54 Å². The summed E-state index contributed by atoms with van der Waals surface area (Å²) in [6.45, 7) is 4.48. The lowest BCUT2D eigenvalue weighted by atomic mass is 9.95. The Morgan fingerprint density at radius 3 is 1.51 bits per heavy atom. The van der Waals surface area contributed by atoms with Crippen LogP contribution in [0.15, 0.2) is 30.3 Å². The monoisotopic (exact) mass is 805 g/mol. The number of amides is 2. The van der Waals surface area contributed by atoms with E-state index in [4.69, 9.17) is 14.2 Å². The number of benzene rings is 1. The zero-order chi connectivity index (χ0) is 41.2. The molecule has 57 heavy (non-hydrogen) atoms. The predicted octanol–water partition coefficient (Wildman–Crippen LogP) is 11.1. The average molecular weight is 805 g/mol. The molecule has 0 saturated carbocycles. The van der Waals surface area contributed by atoms with E-state index in [0.29, 0.717) is 6.42 Å². The number of unbranched alkanes of at least 4 members (excludes halogenated alkanes) is 26. The maximum absolute atomic E-state index is 13.7. The largest absolute Gasteiger partial charge is 0.449 e. The minimum Gasteiger partial charge on any atom is -0.449 e. The van der Waals surface area contributed by atoms with Crippen molar-refractivity contribution in [3.05, 3.63) is 35.9 Å². The molecule has 330 valence electrons. The number of alkyl carbamates (subject to hydrolysis) is 1. The van der Waals surface area contributed by atoms with Gasteiger partial charge in [-0.15, -0.1) is 0 Å². The number of ether oxygens (including phenoxy) is 3. The number of nitrogens with zero attached hydrogens (tertiary/aromatic N) is 1. The molecular weight excluding hydrogens is 721 g/mol. The van der Waals surface area contributed by atoms with Crippen molar-refractivity contribution in [2.24, 2.45) is 0 Å². The van der Waals surface area contributed by atoms with Crippen molar-refractivity contribution in [3.63, 3.8) is 0 Å². The summed E-state index contributed by atoms with van der Waals surface area (Å²) < 4.78 is 17.3. The van der Waals surface area contributed by atoms with Crippen LogP contribution in [0.5, 0.6) is 0 Å². The Bertz CT molecular complexity index is 1090. The summed E-state index contributed by atoms with van der Waals surface area (Å²) in [7, 11) is 0. The van der Waals surface area contributed by atoms with Gasteiger partial charge >= 0.3 is 12.2 Å². The fraction of sp³-hybridized carbons (Fsp3) is 0.830. The third kappa shape index (κ3) is 23.7. The van der Waals surface area contributed by atoms with Gasteiger partial charge in [0.05, 0.1) is 13.2 Å². The lowest BCUT2D eigenvalue weighted by Crippen LogP contribution is -2.69. The number of aliphatic hydroxyl groups is 3. The van der Waals surface area contributed by atoms with Crippen LogP contribution in [-0.2, 0) is 20.8 Å². The van der Waals surface area contributed by atoms with Crippen molar-refractivity contribution < 1.29 is 39.1 Å². The van der Waals surface area contributed by atoms with E-state index in [1.165, 1.54) is 140 Å². The predicted molar refractivity (Wildman–Crippen MR) is 230 cm³/mol. The molecular formula is C47H84N2O8. The van der Waals surface area contributed by atoms with Crippen LogP contribution in [0.4, 0.5) is 9.59 Å². The van der Waals surface area contributed by atoms with E-state index >= 15 is 0 Å². The molecule has 5 atom stereocenters. The van der Waals surface area contributed by atoms with Crippen LogP contribution in [0.1, 0.15) is 199 Å². The topological polar surface area (TPSA) is 138 Å². The van der Waals surface area contributed by atoms with Crippen molar-refractivity contribution in [2.45, 2.75) is 231 Å². The molecule has 0 aromatic heterocycles. The first-order valence-electron chi connectivity index (χ1n) is 23.5. The van der Waals surface area contributed by atoms with Crippen molar-refractivity contribution in [1.82, 2.24) is 10.2 Å². The van der Waals surface area contributed by atoms with E-state index in [-0.39, 0.29) is 19.8 Å². The zero-order valence-corrected chi connectivity index (χ0v) is 36.2. The summed E-state index contributed by atoms with van der Waals surface area (Å²) in [5.41, 5.74) is 0.788. The molecule has 1 aliphatic rings. The number of carbonyl (C=O) groups is 2. The summed E-state index contributed by atoms with van der Waals surface area (Å²) in [6.07, 6.45) is 27.4. The Kier molecular flexibility index (Phi) is 30.7. The van der Waals surface area contributed by atoms with Gasteiger partial charge < -0.3 is 34.8 Å². The second-order valence-corrected chi connectivity index (χ2v) is 16.5. The van der Waals surface area contributed by atoms with Crippen LogP contribution >= 0.6 is 0 Å². The molecule has 1 fully saturated rings. The first kappa shape index (κ1) is 50.7. The zero-order valence-electron chi connectivity index (χ0n) is 36.2. The van der Waals surface area contributed by atoms with Crippen molar-refractivity contribution in [1.29, 1.82) is 0 Å². The van der Waals surface area contributed by atoms with Crippen LogP contribution in [-0.4, -0.2) is 82.7 Å². The normalized spacial score (nSPS) is 19.4. The summed E-state index contributed by atoms with van der Waals surface area (Å²) in [6, 6.07) is 8.00. The molecule has 2 rings (SSSR count). The van der Waals surface area contributed by atoms with Gasteiger partial charge in [-0.05, 0) is 18.4 Å². The molecule has 10 heteroatoms. The highest BCUT2D eigenvalue weighted by molar-refractivity contribution is 5.69. The Labute approximate surface area is 347 Å². The molecule has 1 heterocycles. The van der Waals surface area contributed by atoms with Crippen molar-refractivity contribution in [2.75, 3.05) is 19.8 Å². The van der Waals surface area contributed by atoms with Crippen molar-refractivity contribution in [3.8, 4) is 0 Å². The van der Waals surface area contributed by atoms with Crippen LogP contribution in [0.3, 0.4) is 0 Å². The minimum atomic E-state index is -1.53. The lowest BCUT2D eigenvalue weighted by molar-refractivity contribution is -0.225.